The molecule has 2 aromatic carbocycles. The van der Waals surface area contributed by atoms with Gasteiger partial charge in [0.25, 0.3) is 0 Å². The van der Waals surface area contributed by atoms with Crippen molar-refractivity contribution in [2.24, 2.45) is 0 Å². The number of likely N-dealkylation sites (tertiary alicyclic amines) is 1. The minimum absolute atomic E-state index is 0.325. The van der Waals surface area contributed by atoms with Crippen molar-refractivity contribution in [2.45, 2.75) is 58.2 Å². The molecule has 0 aliphatic carbocycles. The molecule has 1 unspecified atom stereocenters. The van der Waals surface area contributed by atoms with Gasteiger partial charge in [-0.25, -0.2) is 4.98 Å². The molecule has 0 radical (unpaired) electrons. The van der Waals surface area contributed by atoms with Crippen LogP contribution in [0.2, 0.25) is 0 Å². The third kappa shape index (κ3) is 7.24. The van der Waals surface area contributed by atoms with E-state index in [4.69, 9.17) is 14.2 Å². The number of benzene rings is 2. The summed E-state index contributed by atoms with van der Waals surface area (Å²) < 4.78 is 19.7. The summed E-state index contributed by atoms with van der Waals surface area (Å²) in [6, 6.07) is 12.3. The smallest absolute Gasteiger partial charge is 0.161 e. The van der Waals surface area contributed by atoms with E-state index in [2.05, 4.69) is 35.0 Å². The predicted molar refractivity (Wildman–Crippen MR) is 141 cm³/mol. The topological polar surface area (TPSA) is 69.0 Å². The fourth-order valence-electron chi connectivity index (χ4n) is 4.75. The summed E-state index contributed by atoms with van der Waals surface area (Å²) >= 11 is 0. The molecule has 0 saturated carbocycles. The maximum Gasteiger partial charge on any atom is 0.161 e. The average Bonchev–Trinajstić information content (AvgIpc) is 3.32. The Bertz CT molecular complexity index is 1100. The number of aromatic nitrogens is 2. The van der Waals surface area contributed by atoms with E-state index in [-0.39, 0.29) is 0 Å². The summed E-state index contributed by atoms with van der Waals surface area (Å²) in [5, 5.41) is 11.2. The standard InChI is InChI=1S/C29H39N3O4/c1-23-6-8-26(24(2)18-23)36-21-29(33)10-4-13-31(15-11-29)20-25-7-9-27(28(19-25)34-3)35-17-5-14-32-16-12-30-22-32/h6-9,12,16,18-19,22,33H,4-5,10-11,13-15,17,20-21H2,1-3H3. The maximum absolute atomic E-state index is 11.2. The molecule has 0 spiro atoms. The lowest BCUT2D eigenvalue weighted by molar-refractivity contribution is -0.0170. The molecule has 0 amide bonds. The first-order valence-corrected chi connectivity index (χ1v) is 12.8. The molecule has 7 nitrogen and oxygen atoms in total. The molecule has 2 heterocycles. The van der Waals surface area contributed by atoms with E-state index in [1.54, 1.807) is 13.3 Å². The van der Waals surface area contributed by atoms with E-state index in [0.29, 0.717) is 19.6 Å². The summed E-state index contributed by atoms with van der Waals surface area (Å²) in [4.78, 5) is 6.46. The van der Waals surface area contributed by atoms with E-state index in [0.717, 1.165) is 68.3 Å². The van der Waals surface area contributed by atoms with Gasteiger partial charge in [-0.05, 0) is 75.4 Å². The van der Waals surface area contributed by atoms with Gasteiger partial charge in [-0.15, -0.1) is 0 Å². The Hall–Kier alpha value is -3.03. The number of rotatable bonds is 11. The van der Waals surface area contributed by atoms with Crippen LogP contribution in [0, 0.1) is 13.8 Å². The van der Waals surface area contributed by atoms with Crippen LogP contribution < -0.4 is 14.2 Å². The number of methoxy groups -OCH3 is 1. The van der Waals surface area contributed by atoms with Gasteiger partial charge >= 0.3 is 0 Å². The Kier molecular flexibility index (Phi) is 8.88. The predicted octanol–water partition coefficient (Wildman–Crippen LogP) is 4.77. The highest BCUT2D eigenvalue weighted by Gasteiger charge is 2.31. The molecule has 1 atom stereocenters. The highest BCUT2D eigenvalue weighted by Crippen LogP contribution is 2.30. The van der Waals surface area contributed by atoms with Crippen LogP contribution in [0.3, 0.4) is 0 Å². The Balaban J connectivity index is 1.27. The van der Waals surface area contributed by atoms with E-state index in [9.17, 15) is 5.11 Å². The van der Waals surface area contributed by atoms with E-state index < -0.39 is 5.60 Å². The maximum atomic E-state index is 11.2. The minimum Gasteiger partial charge on any atom is -0.493 e. The first-order chi connectivity index (χ1) is 17.4. The molecule has 36 heavy (non-hydrogen) atoms. The van der Waals surface area contributed by atoms with Crippen LogP contribution in [0.1, 0.15) is 42.4 Å². The lowest BCUT2D eigenvalue weighted by Gasteiger charge is -2.27. The number of nitrogens with zero attached hydrogens (tertiary/aromatic N) is 3. The molecular weight excluding hydrogens is 454 g/mol. The molecule has 1 aliphatic heterocycles. The van der Waals surface area contributed by atoms with Gasteiger partial charge in [0.2, 0.25) is 0 Å². The minimum atomic E-state index is -0.807. The second-order valence-corrected chi connectivity index (χ2v) is 9.90. The summed E-state index contributed by atoms with van der Waals surface area (Å²) in [7, 11) is 1.68. The molecule has 0 bridgehead atoms. The number of hydrogen-bond acceptors (Lipinski definition) is 6. The highest BCUT2D eigenvalue weighted by molar-refractivity contribution is 5.43. The van der Waals surface area contributed by atoms with Crippen molar-refractivity contribution in [3.63, 3.8) is 0 Å². The molecule has 4 rings (SSSR count). The average molecular weight is 494 g/mol. The van der Waals surface area contributed by atoms with E-state index >= 15 is 0 Å². The first-order valence-electron chi connectivity index (χ1n) is 12.8. The number of imidazole rings is 1. The zero-order chi connectivity index (χ0) is 25.4. The Morgan fingerprint density at radius 3 is 2.64 bits per heavy atom. The molecular formula is C29H39N3O4. The summed E-state index contributed by atoms with van der Waals surface area (Å²) in [5.74, 6) is 2.37. The number of ether oxygens (including phenoxy) is 3. The molecule has 1 N–H and O–H groups in total. The van der Waals surface area contributed by atoms with Gasteiger partial charge in [-0.3, -0.25) is 4.90 Å². The van der Waals surface area contributed by atoms with Crippen molar-refractivity contribution in [1.82, 2.24) is 14.5 Å². The zero-order valence-electron chi connectivity index (χ0n) is 21.8. The second kappa shape index (κ2) is 12.3. The first kappa shape index (κ1) is 26.0. The zero-order valence-corrected chi connectivity index (χ0v) is 21.8. The third-order valence-electron chi connectivity index (χ3n) is 6.85. The van der Waals surface area contributed by atoms with Crippen LogP contribution in [-0.4, -0.2) is 58.6 Å². The van der Waals surface area contributed by atoms with Crippen LogP contribution in [0.15, 0.2) is 55.1 Å². The lowest BCUT2D eigenvalue weighted by Crippen LogP contribution is -2.37. The van der Waals surface area contributed by atoms with Gasteiger partial charge in [-0.1, -0.05) is 23.8 Å². The molecule has 7 heteroatoms. The van der Waals surface area contributed by atoms with Crippen LogP contribution in [0.25, 0.3) is 0 Å². The largest absolute Gasteiger partial charge is 0.493 e. The SMILES string of the molecule is COc1cc(CN2CCCC(O)(COc3ccc(C)cc3C)CC2)ccc1OCCCn1ccnc1. The summed E-state index contributed by atoms with van der Waals surface area (Å²) in [6.45, 7) is 8.51. The normalized spacial score (nSPS) is 18.6. The Labute approximate surface area is 214 Å². The molecule has 3 aromatic rings. The van der Waals surface area contributed by atoms with Crippen molar-refractivity contribution in [1.29, 1.82) is 0 Å². The summed E-state index contributed by atoms with van der Waals surface area (Å²) in [6.07, 6.45) is 8.81. The van der Waals surface area contributed by atoms with Crippen molar-refractivity contribution in [2.75, 3.05) is 33.4 Å². The quantitative estimate of drug-likeness (QED) is 0.388. The Morgan fingerprint density at radius 2 is 1.86 bits per heavy atom. The monoisotopic (exact) mass is 493 g/mol. The Morgan fingerprint density at radius 1 is 1.00 bits per heavy atom. The van der Waals surface area contributed by atoms with Crippen LogP contribution in [0.5, 0.6) is 17.2 Å². The summed E-state index contributed by atoms with van der Waals surface area (Å²) in [5.41, 5.74) is 2.69. The van der Waals surface area contributed by atoms with Gasteiger partial charge < -0.3 is 23.9 Å². The van der Waals surface area contributed by atoms with E-state index in [1.165, 1.54) is 11.1 Å². The van der Waals surface area contributed by atoms with Gasteiger partial charge in [0.1, 0.15) is 12.4 Å². The van der Waals surface area contributed by atoms with Gasteiger partial charge in [0.15, 0.2) is 11.5 Å². The number of aliphatic hydroxyl groups is 1. The molecule has 194 valence electrons. The van der Waals surface area contributed by atoms with Gasteiger partial charge in [0, 0.05) is 32.0 Å². The fraction of sp³-hybridized carbons (Fsp3) is 0.483. The molecule has 1 fully saturated rings. The van der Waals surface area contributed by atoms with Crippen molar-refractivity contribution < 1.29 is 19.3 Å². The molecule has 1 aromatic heterocycles. The van der Waals surface area contributed by atoms with Crippen LogP contribution in [-0.2, 0) is 13.1 Å². The van der Waals surface area contributed by atoms with Crippen molar-refractivity contribution >= 4 is 0 Å². The van der Waals surface area contributed by atoms with Gasteiger partial charge in [0.05, 0.1) is 25.6 Å². The fourth-order valence-corrected chi connectivity index (χ4v) is 4.75. The van der Waals surface area contributed by atoms with Crippen molar-refractivity contribution in [3.8, 4) is 17.2 Å². The lowest BCUT2D eigenvalue weighted by atomic mass is 9.96. The van der Waals surface area contributed by atoms with Crippen molar-refractivity contribution in [3.05, 3.63) is 71.8 Å². The van der Waals surface area contributed by atoms with Crippen LogP contribution >= 0.6 is 0 Å². The molecule has 1 aliphatic rings. The third-order valence-corrected chi connectivity index (χ3v) is 6.85. The highest BCUT2D eigenvalue weighted by atomic mass is 16.5. The van der Waals surface area contributed by atoms with Gasteiger partial charge in [-0.2, -0.15) is 0 Å². The second-order valence-electron chi connectivity index (χ2n) is 9.90. The van der Waals surface area contributed by atoms with E-state index in [1.807, 2.05) is 42.2 Å². The van der Waals surface area contributed by atoms with Crippen LogP contribution in [0.4, 0.5) is 0 Å². The number of hydrogen-bond donors (Lipinski definition) is 1. The molecule has 1 saturated heterocycles. The number of aryl methyl sites for hydroxylation is 3.